The third kappa shape index (κ3) is 4.26. The second-order valence-electron chi connectivity index (χ2n) is 7.76. The Morgan fingerprint density at radius 2 is 1.91 bits per heavy atom. The highest BCUT2D eigenvalue weighted by atomic mass is 16.5. The van der Waals surface area contributed by atoms with E-state index in [1.165, 1.54) is 0 Å². The summed E-state index contributed by atoms with van der Waals surface area (Å²) in [5, 5.41) is 17.8. The fourth-order valence-corrected chi connectivity index (χ4v) is 4.14. The molecule has 8 heteroatoms. The molecule has 0 saturated heterocycles. The molecule has 1 atom stereocenters. The van der Waals surface area contributed by atoms with Crippen LogP contribution < -0.4 is 9.47 Å². The molecule has 0 saturated carbocycles. The Kier molecular flexibility index (Phi) is 6.84. The van der Waals surface area contributed by atoms with Crippen LogP contribution in [0.4, 0.5) is 0 Å². The van der Waals surface area contributed by atoms with Gasteiger partial charge in [0.2, 0.25) is 0 Å². The number of carbonyl (C=O) groups excluding carboxylic acids is 1. The maximum Gasteiger partial charge on any atom is 0.273 e. The number of phenolic OH excluding ortho intramolecular Hbond substituents is 1. The molecule has 1 aliphatic heterocycles. The second-order valence-corrected chi connectivity index (χ2v) is 7.76. The molecule has 33 heavy (non-hydrogen) atoms. The minimum atomic E-state index is -0.421. The van der Waals surface area contributed by atoms with Crippen molar-refractivity contribution in [3.05, 3.63) is 59.3 Å². The summed E-state index contributed by atoms with van der Waals surface area (Å²) in [7, 11) is 1.61. The molecular weight excluding hydrogens is 422 g/mol. The van der Waals surface area contributed by atoms with Crippen LogP contribution in [0, 0.1) is 0 Å². The molecule has 0 unspecified atom stereocenters. The van der Waals surface area contributed by atoms with Crippen molar-refractivity contribution in [2.24, 2.45) is 0 Å². The lowest BCUT2D eigenvalue weighted by Gasteiger charge is -2.27. The third-order valence-corrected chi connectivity index (χ3v) is 5.60. The number of carbonyl (C=O) groups is 1. The molecule has 0 bridgehead atoms. The predicted molar refractivity (Wildman–Crippen MR) is 124 cm³/mol. The highest BCUT2D eigenvalue weighted by molar-refractivity contribution is 6.00. The molecule has 2 heterocycles. The number of rotatable bonds is 10. The lowest BCUT2D eigenvalue weighted by molar-refractivity contribution is 0.0677. The summed E-state index contributed by atoms with van der Waals surface area (Å²) in [6.07, 6.45) is 0.886. The first-order valence-electron chi connectivity index (χ1n) is 11.2. The van der Waals surface area contributed by atoms with Crippen LogP contribution in [0.3, 0.4) is 0 Å². The van der Waals surface area contributed by atoms with Crippen molar-refractivity contribution in [3.63, 3.8) is 0 Å². The number of amides is 1. The van der Waals surface area contributed by atoms with Gasteiger partial charge >= 0.3 is 0 Å². The fourth-order valence-electron chi connectivity index (χ4n) is 4.14. The van der Waals surface area contributed by atoms with Crippen molar-refractivity contribution in [2.45, 2.75) is 26.3 Å². The minimum Gasteiger partial charge on any atom is -0.507 e. The molecule has 1 aliphatic rings. The van der Waals surface area contributed by atoms with E-state index in [0.717, 1.165) is 17.5 Å². The quantitative estimate of drug-likeness (QED) is 0.480. The van der Waals surface area contributed by atoms with Crippen molar-refractivity contribution in [2.75, 3.05) is 33.5 Å². The lowest BCUT2D eigenvalue weighted by atomic mass is 9.95. The smallest absolute Gasteiger partial charge is 0.273 e. The van der Waals surface area contributed by atoms with Gasteiger partial charge < -0.3 is 24.2 Å². The van der Waals surface area contributed by atoms with Crippen molar-refractivity contribution >= 4 is 5.91 Å². The number of hydrogen-bond donors (Lipinski definition) is 2. The van der Waals surface area contributed by atoms with Crippen LogP contribution in [0.2, 0.25) is 0 Å². The predicted octanol–water partition coefficient (Wildman–Crippen LogP) is 4.16. The molecule has 8 nitrogen and oxygen atoms in total. The minimum absolute atomic E-state index is 0.103. The van der Waals surface area contributed by atoms with Gasteiger partial charge in [-0.25, -0.2) is 0 Å². The van der Waals surface area contributed by atoms with E-state index >= 15 is 0 Å². The molecule has 1 amide bonds. The van der Waals surface area contributed by atoms with E-state index in [0.29, 0.717) is 54.8 Å². The molecule has 4 rings (SSSR count). The number of fused-ring (bicyclic) bond motifs is 1. The Morgan fingerprint density at radius 1 is 1.09 bits per heavy atom. The SMILES string of the molecule is CCCOc1ccc([C@H]2c3c(-c4ccccc4O)n[nH]c3C(=O)N2CCOC)cc1OCC. The Hall–Kier alpha value is -3.52. The van der Waals surface area contributed by atoms with Gasteiger partial charge in [-0.15, -0.1) is 0 Å². The first-order valence-corrected chi connectivity index (χ1v) is 11.2. The summed E-state index contributed by atoms with van der Waals surface area (Å²) in [5.74, 6) is 1.24. The van der Waals surface area contributed by atoms with Crippen molar-refractivity contribution < 1.29 is 24.1 Å². The molecule has 0 aliphatic carbocycles. The molecule has 0 spiro atoms. The van der Waals surface area contributed by atoms with Gasteiger partial charge in [-0.05, 0) is 43.2 Å². The highest BCUT2D eigenvalue weighted by Gasteiger charge is 2.42. The lowest BCUT2D eigenvalue weighted by Crippen LogP contribution is -2.32. The van der Waals surface area contributed by atoms with Gasteiger partial charge in [-0.1, -0.05) is 25.1 Å². The van der Waals surface area contributed by atoms with E-state index in [4.69, 9.17) is 14.2 Å². The Bertz CT molecular complexity index is 1130. The van der Waals surface area contributed by atoms with Crippen LogP contribution in [0.15, 0.2) is 42.5 Å². The van der Waals surface area contributed by atoms with Crippen molar-refractivity contribution in [1.82, 2.24) is 15.1 Å². The zero-order valence-corrected chi connectivity index (χ0v) is 19.1. The van der Waals surface area contributed by atoms with Gasteiger partial charge in [0, 0.05) is 24.8 Å². The second kappa shape index (κ2) is 9.95. The summed E-state index contributed by atoms with van der Waals surface area (Å²) < 4.78 is 17.0. The summed E-state index contributed by atoms with van der Waals surface area (Å²) >= 11 is 0. The topological polar surface area (TPSA) is 96.9 Å². The summed E-state index contributed by atoms with van der Waals surface area (Å²) in [6.45, 7) is 5.84. The standard InChI is InChI=1S/C25H29N3O5/c1-4-13-33-19-11-10-16(15-20(19)32-5-2)24-21-22(17-8-6-7-9-18(17)29)26-27-23(21)25(30)28(24)12-14-31-3/h6-11,15,24,29H,4-5,12-14H2,1-3H3,(H,26,27)/t24-/m0/s1. The third-order valence-electron chi connectivity index (χ3n) is 5.60. The van der Waals surface area contributed by atoms with Crippen LogP contribution in [-0.2, 0) is 4.74 Å². The normalized spacial score (nSPS) is 15.1. The van der Waals surface area contributed by atoms with Crippen molar-refractivity contribution in [1.29, 1.82) is 0 Å². The highest BCUT2D eigenvalue weighted by Crippen LogP contribution is 2.45. The number of aromatic nitrogens is 2. The molecule has 0 radical (unpaired) electrons. The zero-order valence-electron chi connectivity index (χ0n) is 19.1. The summed E-state index contributed by atoms with van der Waals surface area (Å²) in [4.78, 5) is 15.1. The molecule has 0 fully saturated rings. The van der Waals surface area contributed by atoms with Gasteiger partial charge in [-0.2, -0.15) is 5.10 Å². The van der Waals surface area contributed by atoms with Crippen LogP contribution in [0.5, 0.6) is 17.2 Å². The zero-order chi connectivity index (χ0) is 23.4. The number of ether oxygens (including phenoxy) is 3. The van der Waals surface area contributed by atoms with Crippen LogP contribution >= 0.6 is 0 Å². The monoisotopic (exact) mass is 451 g/mol. The van der Waals surface area contributed by atoms with Gasteiger partial charge in [0.25, 0.3) is 5.91 Å². The Labute approximate surface area is 193 Å². The molecule has 3 aromatic rings. The number of nitrogens with one attached hydrogen (secondary N) is 1. The number of nitrogens with zero attached hydrogens (tertiary/aromatic N) is 2. The van der Waals surface area contributed by atoms with Gasteiger partial charge in [0.05, 0.1) is 25.9 Å². The average Bonchev–Trinajstić information content (AvgIpc) is 3.36. The molecule has 174 valence electrons. The van der Waals surface area contributed by atoms with Crippen LogP contribution in [0.1, 0.15) is 47.9 Å². The molecule has 2 N–H and O–H groups in total. The van der Waals surface area contributed by atoms with E-state index in [1.54, 1.807) is 30.2 Å². The summed E-state index contributed by atoms with van der Waals surface area (Å²) in [6, 6.07) is 12.3. The number of aromatic amines is 1. The number of para-hydroxylation sites is 1. The first kappa shape index (κ1) is 22.7. The maximum atomic E-state index is 13.3. The van der Waals surface area contributed by atoms with E-state index in [-0.39, 0.29) is 11.7 Å². The molecular formula is C25H29N3O5. The maximum absolute atomic E-state index is 13.3. The number of hydrogen-bond acceptors (Lipinski definition) is 6. The van der Waals surface area contributed by atoms with E-state index in [9.17, 15) is 9.90 Å². The first-order chi connectivity index (χ1) is 16.1. The van der Waals surface area contributed by atoms with Gasteiger partial charge in [0.15, 0.2) is 11.5 Å². The van der Waals surface area contributed by atoms with E-state index in [2.05, 4.69) is 10.2 Å². The van der Waals surface area contributed by atoms with E-state index in [1.807, 2.05) is 38.1 Å². The fraction of sp³-hybridized carbons (Fsp3) is 0.360. The number of H-pyrrole nitrogens is 1. The number of aromatic hydroxyl groups is 1. The Morgan fingerprint density at radius 3 is 2.64 bits per heavy atom. The largest absolute Gasteiger partial charge is 0.507 e. The van der Waals surface area contributed by atoms with Crippen LogP contribution in [-0.4, -0.2) is 59.6 Å². The molecule has 2 aromatic carbocycles. The molecule has 1 aromatic heterocycles. The van der Waals surface area contributed by atoms with Crippen LogP contribution in [0.25, 0.3) is 11.3 Å². The Balaban J connectivity index is 1.84. The van der Waals surface area contributed by atoms with Gasteiger partial charge in [0.1, 0.15) is 17.1 Å². The number of phenols is 1. The summed E-state index contributed by atoms with van der Waals surface area (Å²) in [5.41, 5.74) is 3.12. The van der Waals surface area contributed by atoms with Gasteiger partial charge in [-0.3, -0.25) is 9.89 Å². The average molecular weight is 452 g/mol. The van der Waals surface area contributed by atoms with E-state index < -0.39 is 6.04 Å². The number of methoxy groups -OCH3 is 1. The number of benzene rings is 2. The van der Waals surface area contributed by atoms with Crippen molar-refractivity contribution in [3.8, 4) is 28.5 Å².